The second-order valence-electron chi connectivity index (χ2n) is 4.18. The molecule has 0 saturated carbocycles. The van der Waals surface area contributed by atoms with E-state index in [9.17, 15) is 0 Å². The van der Waals surface area contributed by atoms with Crippen LogP contribution < -0.4 is 0 Å². The molecule has 0 spiro atoms. The Hall–Kier alpha value is -1.79. The van der Waals surface area contributed by atoms with Gasteiger partial charge in [-0.3, -0.25) is 0 Å². The van der Waals surface area contributed by atoms with Crippen molar-refractivity contribution in [3.05, 3.63) is 82.4 Å². The van der Waals surface area contributed by atoms with Crippen LogP contribution in [0.1, 0.15) is 16.7 Å². The Morgan fingerprint density at radius 3 is 1.67 bits per heavy atom. The van der Waals surface area contributed by atoms with Crippen molar-refractivity contribution < 1.29 is 0 Å². The van der Waals surface area contributed by atoms with E-state index in [0.717, 1.165) is 10.6 Å². The van der Waals surface area contributed by atoms with Crippen LogP contribution in [0.3, 0.4) is 0 Å². The summed E-state index contributed by atoms with van der Waals surface area (Å²) < 4.78 is 0. The third kappa shape index (κ3) is 3.90. The molecular weight excluding hydrogens is 240 g/mol. The number of hydrogen-bond acceptors (Lipinski definition) is 0. The average molecular weight is 255 g/mol. The highest BCUT2D eigenvalue weighted by Gasteiger charge is 1.87. The van der Waals surface area contributed by atoms with Gasteiger partial charge >= 0.3 is 0 Å². The van der Waals surface area contributed by atoms with Crippen molar-refractivity contribution in [2.45, 2.75) is 6.92 Å². The van der Waals surface area contributed by atoms with Gasteiger partial charge in [0.05, 0.1) is 0 Å². The van der Waals surface area contributed by atoms with Gasteiger partial charge in [0.15, 0.2) is 0 Å². The fraction of sp³-hybridized carbons (Fsp3) is 0.0588. The van der Waals surface area contributed by atoms with E-state index in [-0.39, 0.29) is 0 Å². The first-order chi connectivity index (χ1) is 8.74. The molecule has 0 saturated heterocycles. The molecule has 0 heterocycles. The molecule has 0 aromatic heterocycles. The summed E-state index contributed by atoms with van der Waals surface area (Å²) in [5, 5.41) is 0.766. The SMILES string of the molecule is Cc1ccc(C=CC=Cc2ccc(Cl)cc2)cc1. The Balaban J connectivity index is 1.98. The molecule has 0 aliphatic carbocycles. The van der Waals surface area contributed by atoms with E-state index in [2.05, 4.69) is 43.3 Å². The zero-order valence-corrected chi connectivity index (χ0v) is 11.1. The van der Waals surface area contributed by atoms with Crippen molar-refractivity contribution >= 4 is 23.8 Å². The highest BCUT2D eigenvalue weighted by atomic mass is 35.5. The summed E-state index contributed by atoms with van der Waals surface area (Å²) in [5.74, 6) is 0. The molecule has 0 N–H and O–H groups in total. The normalized spacial score (nSPS) is 11.4. The Labute approximate surface area is 113 Å². The maximum Gasteiger partial charge on any atom is 0.0406 e. The smallest absolute Gasteiger partial charge is 0.0406 e. The minimum atomic E-state index is 0.766. The van der Waals surface area contributed by atoms with Gasteiger partial charge < -0.3 is 0 Å². The van der Waals surface area contributed by atoms with Crippen LogP contribution in [-0.2, 0) is 0 Å². The van der Waals surface area contributed by atoms with Crippen LogP contribution in [0, 0.1) is 6.92 Å². The third-order valence-electron chi connectivity index (χ3n) is 2.64. The lowest BCUT2D eigenvalue weighted by Gasteiger charge is -1.94. The van der Waals surface area contributed by atoms with Crippen LogP contribution in [0.15, 0.2) is 60.7 Å². The molecule has 2 aromatic carbocycles. The second kappa shape index (κ2) is 6.23. The van der Waals surface area contributed by atoms with Crippen molar-refractivity contribution in [3.8, 4) is 0 Å². The van der Waals surface area contributed by atoms with Crippen LogP contribution in [-0.4, -0.2) is 0 Å². The van der Waals surface area contributed by atoms with Crippen molar-refractivity contribution in [1.82, 2.24) is 0 Å². The second-order valence-corrected chi connectivity index (χ2v) is 4.62. The van der Waals surface area contributed by atoms with Gasteiger partial charge in [-0.05, 0) is 30.2 Å². The number of allylic oxidation sites excluding steroid dienone is 2. The summed E-state index contributed by atoms with van der Waals surface area (Å²) in [4.78, 5) is 0. The molecule has 0 bridgehead atoms. The molecule has 0 atom stereocenters. The molecule has 2 rings (SSSR count). The highest BCUT2D eigenvalue weighted by Crippen LogP contribution is 2.11. The lowest BCUT2D eigenvalue weighted by atomic mass is 10.1. The largest absolute Gasteiger partial charge is 0.0843 e. The number of rotatable bonds is 3. The van der Waals surface area contributed by atoms with Gasteiger partial charge in [-0.1, -0.05) is 77.9 Å². The first kappa shape index (κ1) is 12.7. The molecule has 0 unspecified atom stereocenters. The lowest BCUT2D eigenvalue weighted by Crippen LogP contribution is -1.72. The van der Waals surface area contributed by atoms with E-state index >= 15 is 0 Å². The van der Waals surface area contributed by atoms with Gasteiger partial charge in [-0.2, -0.15) is 0 Å². The average Bonchev–Trinajstić information content (AvgIpc) is 2.39. The number of halogens is 1. The van der Waals surface area contributed by atoms with Gasteiger partial charge in [0.25, 0.3) is 0 Å². The maximum atomic E-state index is 5.83. The summed E-state index contributed by atoms with van der Waals surface area (Å²) in [7, 11) is 0. The lowest BCUT2D eigenvalue weighted by molar-refractivity contribution is 1.46. The topological polar surface area (TPSA) is 0 Å². The Morgan fingerprint density at radius 1 is 0.722 bits per heavy atom. The standard InChI is InChI=1S/C17H15Cl/c1-14-6-8-15(9-7-14)4-2-3-5-16-10-12-17(18)13-11-16/h2-13H,1H3. The van der Waals surface area contributed by atoms with Crippen LogP contribution in [0.4, 0.5) is 0 Å². The molecule has 0 aliphatic rings. The summed E-state index contributed by atoms with van der Waals surface area (Å²) in [6.45, 7) is 2.09. The molecule has 90 valence electrons. The predicted molar refractivity (Wildman–Crippen MR) is 80.7 cm³/mol. The van der Waals surface area contributed by atoms with Crippen molar-refractivity contribution in [2.75, 3.05) is 0 Å². The Kier molecular flexibility index (Phi) is 4.38. The van der Waals surface area contributed by atoms with E-state index in [1.54, 1.807) is 0 Å². The predicted octanol–water partition coefficient (Wildman–Crippen LogP) is 5.38. The fourth-order valence-electron chi connectivity index (χ4n) is 1.58. The van der Waals surface area contributed by atoms with Gasteiger partial charge in [0.2, 0.25) is 0 Å². The van der Waals surface area contributed by atoms with Crippen molar-refractivity contribution in [1.29, 1.82) is 0 Å². The Bertz CT molecular complexity index is 492. The molecule has 0 radical (unpaired) electrons. The van der Waals surface area contributed by atoms with Crippen molar-refractivity contribution in [3.63, 3.8) is 0 Å². The van der Waals surface area contributed by atoms with E-state index in [4.69, 9.17) is 11.6 Å². The molecule has 0 nitrogen and oxygen atoms in total. The zero-order chi connectivity index (χ0) is 12.8. The van der Waals surface area contributed by atoms with Crippen LogP contribution in [0.2, 0.25) is 5.02 Å². The van der Waals surface area contributed by atoms with Crippen molar-refractivity contribution in [2.24, 2.45) is 0 Å². The first-order valence-corrected chi connectivity index (χ1v) is 6.29. The summed E-state index contributed by atoms with van der Waals surface area (Å²) in [6, 6.07) is 16.2. The minimum absolute atomic E-state index is 0.766. The quantitative estimate of drug-likeness (QED) is 0.646. The third-order valence-corrected chi connectivity index (χ3v) is 2.89. The molecule has 0 fully saturated rings. The minimum Gasteiger partial charge on any atom is -0.0843 e. The van der Waals surface area contributed by atoms with Gasteiger partial charge in [0.1, 0.15) is 0 Å². The van der Waals surface area contributed by atoms with Crippen LogP contribution in [0.25, 0.3) is 12.2 Å². The van der Waals surface area contributed by atoms with Gasteiger partial charge in [-0.25, -0.2) is 0 Å². The van der Waals surface area contributed by atoms with Gasteiger partial charge in [0, 0.05) is 5.02 Å². The molecular formula is C17H15Cl. The summed E-state index contributed by atoms with van der Waals surface area (Å²) in [5.41, 5.74) is 3.64. The summed E-state index contributed by atoms with van der Waals surface area (Å²) in [6.07, 6.45) is 8.22. The molecule has 2 aromatic rings. The molecule has 0 aliphatic heterocycles. The molecule has 18 heavy (non-hydrogen) atoms. The molecule has 0 amide bonds. The van der Waals surface area contributed by atoms with E-state index in [0.29, 0.717) is 0 Å². The Morgan fingerprint density at radius 2 is 1.17 bits per heavy atom. The van der Waals surface area contributed by atoms with E-state index in [1.165, 1.54) is 11.1 Å². The first-order valence-electron chi connectivity index (χ1n) is 5.91. The molecule has 1 heteroatoms. The van der Waals surface area contributed by atoms with Crippen LogP contribution >= 0.6 is 11.6 Å². The number of benzene rings is 2. The fourth-order valence-corrected chi connectivity index (χ4v) is 1.71. The maximum absolute atomic E-state index is 5.83. The highest BCUT2D eigenvalue weighted by molar-refractivity contribution is 6.30. The van der Waals surface area contributed by atoms with E-state index in [1.807, 2.05) is 36.4 Å². The number of aryl methyl sites for hydroxylation is 1. The van der Waals surface area contributed by atoms with Crippen LogP contribution in [0.5, 0.6) is 0 Å². The number of hydrogen-bond donors (Lipinski definition) is 0. The monoisotopic (exact) mass is 254 g/mol. The summed E-state index contributed by atoms with van der Waals surface area (Å²) >= 11 is 5.83. The van der Waals surface area contributed by atoms with E-state index < -0.39 is 0 Å². The van der Waals surface area contributed by atoms with Gasteiger partial charge in [-0.15, -0.1) is 0 Å². The zero-order valence-electron chi connectivity index (χ0n) is 10.3.